The molecule has 6 nitrogen and oxygen atoms in total. The van der Waals surface area contributed by atoms with Crippen molar-refractivity contribution in [1.29, 1.82) is 0 Å². The predicted octanol–water partition coefficient (Wildman–Crippen LogP) is 2.40. The Morgan fingerprint density at radius 2 is 2.40 bits per heavy atom. The van der Waals surface area contributed by atoms with Gasteiger partial charge in [0.1, 0.15) is 5.01 Å². The SMILES string of the molecule is O=C(C[C@@H]1OC[C@H]2CN(Cc3nccs3)CC[C@H]21)Nc1cccnc1. The molecule has 4 rings (SSSR count). The smallest absolute Gasteiger partial charge is 0.227 e. The largest absolute Gasteiger partial charge is 0.377 e. The fourth-order valence-electron chi connectivity index (χ4n) is 3.87. The lowest BCUT2D eigenvalue weighted by Gasteiger charge is -2.35. The van der Waals surface area contributed by atoms with Crippen molar-refractivity contribution in [3.63, 3.8) is 0 Å². The van der Waals surface area contributed by atoms with Crippen LogP contribution in [0.25, 0.3) is 0 Å². The van der Waals surface area contributed by atoms with Gasteiger partial charge in [-0.25, -0.2) is 4.98 Å². The monoisotopic (exact) mass is 358 g/mol. The molecule has 0 spiro atoms. The van der Waals surface area contributed by atoms with E-state index in [-0.39, 0.29) is 12.0 Å². The molecule has 132 valence electrons. The summed E-state index contributed by atoms with van der Waals surface area (Å²) in [5.41, 5.74) is 0.736. The van der Waals surface area contributed by atoms with Crippen molar-refractivity contribution in [3.8, 4) is 0 Å². The first-order valence-corrected chi connectivity index (χ1v) is 9.58. The molecule has 2 aliphatic heterocycles. The van der Waals surface area contributed by atoms with Crippen LogP contribution in [0.5, 0.6) is 0 Å². The van der Waals surface area contributed by atoms with E-state index in [0.717, 1.165) is 38.3 Å². The van der Waals surface area contributed by atoms with E-state index in [1.807, 2.05) is 23.7 Å². The van der Waals surface area contributed by atoms with Crippen molar-refractivity contribution in [2.24, 2.45) is 11.8 Å². The van der Waals surface area contributed by atoms with E-state index in [0.29, 0.717) is 18.3 Å². The number of carbonyl (C=O) groups excluding carboxylic acids is 1. The van der Waals surface area contributed by atoms with Crippen molar-refractivity contribution in [1.82, 2.24) is 14.9 Å². The first-order chi connectivity index (χ1) is 12.3. The quantitative estimate of drug-likeness (QED) is 0.889. The van der Waals surface area contributed by atoms with Gasteiger partial charge in [-0.1, -0.05) is 0 Å². The molecule has 0 saturated carbocycles. The maximum atomic E-state index is 12.3. The van der Waals surface area contributed by atoms with Crippen LogP contribution in [-0.2, 0) is 16.1 Å². The van der Waals surface area contributed by atoms with Gasteiger partial charge in [-0.2, -0.15) is 0 Å². The Labute approximate surface area is 151 Å². The van der Waals surface area contributed by atoms with Crippen LogP contribution in [0.1, 0.15) is 17.8 Å². The molecule has 7 heteroatoms. The molecule has 0 aromatic carbocycles. The summed E-state index contributed by atoms with van der Waals surface area (Å²) >= 11 is 1.71. The van der Waals surface area contributed by atoms with Gasteiger partial charge in [-0.15, -0.1) is 11.3 Å². The van der Waals surface area contributed by atoms with Crippen molar-refractivity contribution in [2.45, 2.75) is 25.5 Å². The molecule has 2 saturated heterocycles. The number of piperidine rings is 1. The second-order valence-corrected chi connectivity index (χ2v) is 7.72. The van der Waals surface area contributed by atoms with E-state index in [9.17, 15) is 4.79 Å². The van der Waals surface area contributed by atoms with Gasteiger partial charge in [0, 0.05) is 30.2 Å². The summed E-state index contributed by atoms with van der Waals surface area (Å²) in [5, 5.41) is 6.10. The number of rotatable bonds is 5. The minimum Gasteiger partial charge on any atom is -0.377 e. The Morgan fingerprint density at radius 1 is 1.44 bits per heavy atom. The number of hydrogen-bond donors (Lipinski definition) is 1. The minimum absolute atomic E-state index is 0.00358. The summed E-state index contributed by atoms with van der Waals surface area (Å²) in [6, 6.07) is 3.66. The molecule has 2 aliphatic rings. The number of amides is 1. The van der Waals surface area contributed by atoms with Gasteiger partial charge in [0.05, 0.1) is 37.6 Å². The van der Waals surface area contributed by atoms with E-state index >= 15 is 0 Å². The Morgan fingerprint density at radius 3 is 3.20 bits per heavy atom. The average Bonchev–Trinajstić information content (AvgIpc) is 3.26. The highest BCUT2D eigenvalue weighted by Crippen LogP contribution is 2.36. The van der Waals surface area contributed by atoms with Crippen molar-refractivity contribution >= 4 is 22.9 Å². The van der Waals surface area contributed by atoms with Crippen LogP contribution >= 0.6 is 11.3 Å². The summed E-state index contributed by atoms with van der Waals surface area (Å²) in [5.74, 6) is 1.00. The summed E-state index contributed by atoms with van der Waals surface area (Å²) in [6.07, 6.45) is 6.75. The predicted molar refractivity (Wildman–Crippen MR) is 96.2 cm³/mol. The zero-order valence-corrected chi connectivity index (χ0v) is 14.8. The van der Waals surface area contributed by atoms with Gasteiger partial charge in [0.2, 0.25) is 5.91 Å². The van der Waals surface area contributed by atoms with Crippen molar-refractivity contribution in [3.05, 3.63) is 41.1 Å². The van der Waals surface area contributed by atoms with Crippen LogP contribution < -0.4 is 5.32 Å². The maximum Gasteiger partial charge on any atom is 0.227 e. The number of thiazole rings is 1. The van der Waals surface area contributed by atoms with Crippen molar-refractivity contribution < 1.29 is 9.53 Å². The van der Waals surface area contributed by atoms with Gasteiger partial charge in [-0.05, 0) is 31.0 Å². The second-order valence-electron chi connectivity index (χ2n) is 6.74. The summed E-state index contributed by atoms with van der Waals surface area (Å²) in [7, 11) is 0. The fourth-order valence-corrected chi connectivity index (χ4v) is 4.53. The number of aromatic nitrogens is 2. The molecular formula is C18H22N4O2S. The van der Waals surface area contributed by atoms with Gasteiger partial charge in [0.15, 0.2) is 0 Å². The number of nitrogens with one attached hydrogen (secondary N) is 1. The Hall–Kier alpha value is -1.83. The third-order valence-corrected chi connectivity index (χ3v) is 5.82. The van der Waals surface area contributed by atoms with Crippen LogP contribution in [-0.4, -0.2) is 46.6 Å². The third kappa shape index (κ3) is 4.05. The lowest BCUT2D eigenvalue weighted by molar-refractivity contribution is -0.118. The highest BCUT2D eigenvalue weighted by molar-refractivity contribution is 7.09. The number of anilines is 1. The second kappa shape index (κ2) is 7.59. The standard InChI is InChI=1S/C18H22N4O2S/c23-17(21-14-2-1-4-19-9-14)8-16-15-3-6-22(10-13(15)12-24-16)11-18-20-5-7-25-18/h1-2,4-5,7,9,13,15-16H,3,6,8,10-12H2,(H,21,23)/t13-,15-,16+/m1/s1. The van der Waals surface area contributed by atoms with Gasteiger partial charge < -0.3 is 10.1 Å². The van der Waals surface area contributed by atoms with E-state index in [1.165, 1.54) is 5.01 Å². The maximum absolute atomic E-state index is 12.3. The molecule has 25 heavy (non-hydrogen) atoms. The molecule has 2 aromatic heterocycles. The van der Waals surface area contributed by atoms with Gasteiger partial charge >= 0.3 is 0 Å². The number of nitrogens with zero attached hydrogens (tertiary/aromatic N) is 3. The number of ether oxygens (including phenoxy) is 1. The molecular weight excluding hydrogens is 336 g/mol. The van der Waals surface area contributed by atoms with E-state index in [1.54, 1.807) is 23.7 Å². The van der Waals surface area contributed by atoms with Crippen LogP contribution in [0.4, 0.5) is 5.69 Å². The molecule has 0 radical (unpaired) electrons. The third-order valence-electron chi connectivity index (χ3n) is 5.05. The zero-order chi connectivity index (χ0) is 17.1. The summed E-state index contributed by atoms with van der Waals surface area (Å²) in [4.78, 5) is 23.1. The van der Waals surface area contributed by atoms with E-state index in [4.69, 9.17) is 4.74 Å². The lowest BCUT2D eigenvalue weighted by atomic mass is 9.83. The first kappa shape index (κ1) is 16.6. The zero-order valence-electron chi connectivity index (χ0n) is 14.0. The van der Waals surface area contributed by atoms with Crippen molar-refractivity contribution in [2.75, 3.05) is 25.0 Å². The number of carbonyl (C=O) groups is 1. The molecule has 0 aliphatic carbocycles. The number of pyridine rings is 1. The Kier molecular flexibility index (Phi) is 5.05. The molecule has 2 fully saturated rings. The van der Waals surface area contributed by atoms with E-state index < -0.39 is 0 Å². The van der Waals surface area contributed by atoms with Crippen LogP contribution in [0.15, 0.2) is 36.1 Å². The molecule has 1 amide bonds. The topological polar surface area (TPSA) is 67.3 Å². The lowest BCUT2D eigenvalue weighted by Crippen LogP contribution is -2.41. The van der Waals surface area contributed by atoms with E-state index in [2.05, 4.69) is 20.2 Å². The fraction of sp³-hybridized carbons (Fsp3) is 0.500. The Balaban J connectivity index is 1.29. The molecule has 4 heterocycles. The summed E-state index contributed by atoms with van der Waals surface area (Å²) in [6.45, 7) is 3.76. The highest BCUT2D eigenvalue weighted by atomic mass is 32.1. The van der Waals surface area contributed by atoms with Crippen LogP contribution in [0, 0.1) is 11.8 Å². The molecule has 0 unspecified atom stereocenters. The minimum atomic E-state index is 0.00358. The van der Waals surface area contributed by atoms with Gasteiger partial charge in [-0.3, -0.25) is 14.7 Å². The summed E-state index contributed by atoms with van der Waals surface area (Å²) < 4.78 is 5.98. The molecule has 3 atom stereocenters. The number of likely N-dealkylation sites (tertiary alicyclic amines) is 1. The normalized spacial score (nSPS) is 26.3. The number of hydrogen-bond acceptors (Lipinski definition) is 6. The van der Waals surface area contributed by atoms with Crippen LogP contribution in [0.2, 0.25) is 0 Å². The molecule has 2 aromatic rings. The average molecular weight is 358 g/mol. The molecule has 1 N–H and O–H groups in total. The first-order valence-electron chi connectivity index (χ1n) is 8.70. The molecule has 0 bridgehead atoms. The Bertz CT molecular complexity index is 694. The van der Waals surface area contributed by atoms with Gasteiger partial charge in [0.25, 0.3) is 0 Å². The van der Waals surface area contributed by atoms with Crippen LogP contribution in [0.3, 0.4) is 0 Å². The highest BCUT2D eigenvalue weighted by Gasteiger charge is 2.41. The number of fused-ring (bicyclic) bond motifs is 1.